The van der Waals surface area contributed by atoms with Gasteiger partial charge in [0.15, 0.2) is 0 Å². The summed E-state index contributed by atoms with van der Waals surface area (Å²) in [7, 11) is 0. The molecule has 1 aliphatic heterocycles. The van der Waals surface area contributed by atoms with Crippen LogP contribution in [-0.2, 0) is 11.2 Å². The van der Waals surface area contributed by atoms with E-state index in [4.69, 9.17) is 6.42 Å². The molecule has 0 aliphatic carbocycles. The molecule has 1 amide bonds. The van der Waals surface area contributed by atoms with E-state index in [-0.39, 0.29) is 11.8 Å². The molecule has 1 atom stereocenters. The molecular formula is C17H16N2O. The smallest absolute Gasteiger partial charge is 0.223 e. The van der Waals surface area contributed by atoms with E-state index in [0.717, 1.165) is 23.9 Å². The van der Waals surface area contributed by atoms with Gasteiger partial charge in [0.1, 0.15) is 0 Å². The summed E-state index contributed by atoms with van der Waals surface area (Å²) in [5.74, 6) is 2.93. The van der Waals surface area contributed by atoms with Crippen LogP contribution in [0.25, 0.3) is 10.9 Å². The Morgan fingerprint density at radius 3 is 3.10 bits per heavy atom. The summed E-state index contributed by atoms with van der Waals surface area (Å²) in [6.45, 7) is 1.43. The number of terminal acetylenes is 1. The van der Waals surface area contributed by atoms with Crippen LogP contribution in [0.5, 0.6) is 0 Å². The van der Waals surface area contributed by atoms with Gasteiger partial charge in [-0.2, -0.15) is 0 Å². The van der Waals surface area contributed by atoms with Crippen molar-refractivity contribution >= 4 is 16.8 Å². The highest BCUT2D eigenvalue weighted by atomic mass is 16.2. The highest BCUT2D eigenvalue weighted by Gasteiger charge is 2.27. The molecule has 1 fully saturated rings. The van der Waals surface area contributed by atoms with Crippen molar-refractivity contribution in [2.45, 2.75) is 12.8 Å². The third kappa shape index (κ3) is 2.50. The van der Waals surface area contributed by atoms with E-state index in [9.17, 15) is 4.79 Å². The number of amides is 1. The molecule has 1 aromatic heterocycles. The zero-order chi connectivity index (χ0) is 13.9. The van der Waals surface area contributed by atoms with Gasteiger partial charge in [-0.1, -0.05) is 18.2 Å². The highest BCUT2D eigenvalue weighted by molar-refractivity contribution is 5.80. The van der Waals surface area contributed by atoms with Gasteiger partial charge in [0.25, 0.3) is 0 Å². The fraction of sp³-hybridized carbons (Fsp3) is 0.294. The fourth-order valence-electron chi connectivity index (χ4n) is 2.63. The van der Waals surface area contributed by atoms with Gasteiger partial charge in [-0.3, -0.25) is 9.78 Å². The molecule has 1 aliphatic rings. The van der Waals surface area contributed by atoms with Crippen molar-refractivity contribution < 1.29 is 4.79 Å². The minimum absolute atomic E-state index is 0.0840. The van der Waals surface area contributed by atoms with Gasteiger partial charge in [-0.25, -0.2) is 0 Å². The number of rotatable bonds is 3. The Morgan fingerprint density at radius 1 is 1.40 bits per heavy atom. The summed E-state index contributed by atoms with van der Waals surface area (Å²) < 4.78 is 0. The molecule has 0 spiro atoms. The van der Waals surface area contributed by atoms with Crippen LogP contribution in [0.4, 0.5) is 0 Å². The standard InChI is InChI=1S/C17H16N2O/c1-2-13-11-17(20)19(12-13)9-7-14-5-6-15-4-3-8-18-16(15)10-14/h1,3-6,8,10,13H,7,9,11-12H2. The lowest BCUT2D eigenvalue weighted by molar-refractivity contribution is -0.127. The number of likely N-dealkylation sites (tertiary alicyclic amines) is 1. The van der Waals surface area contributed by atoms with Crippen LogP contribution < -0.4 is 0 Å². The monoisotopic (exact) mass is 264 g/mol. The summed E-state index contributed by atoms with van der Waals surface area (Å²) in [5, 5.41) is 1.14. The largest absolute Gasteiger partial charge is 0.341 e. The summed E-state index contributed by atoms with van der Waals surface area (Å²) in [5.41, 5.74) is 2.20. The van der Waals surface area contributed by atoms with Crippen LogP contribution >= 0.6 is 0 Å². The Labute approximate surface area is 118 Å². The second-order valence-corrected chi connectivity index (χ2v) is 5.19. The van der Waals surface area contributed by atoms with Gasteiger partial charge < -0.3 is 4.90 Å². The Morgan fingerprint density at radius 2 is 2.30 bits per heavy atom. The maximum Gasteiger partial charge on any atom is 0.223 e. The zero-order valence-corrected chi connectivity index (χ0v) is 11.2. The van der Waals surface area contributed by atoms with Gasteiger partial charge in [-0.05, 0) is 24.1 Å². The number of fused-ring (bicyclic) bond motifs is 1. The molecule has 3 rings (SSSR count). The van der Waals surface area contributed by atoms with Crippen LogP contribution in [0.2, 0.25) is 0 Å². The molecule has 100 valence electrons. The van der Waals surface area contributed by atoms with Crippen molar-refractivity contribution in [3.05, 3.63) is 42.1 Å². The van der Waals surface area contributed by atoms with Crippen molar-refractivity contribution in [3.63, 3.8) is 0 Å². The first-order chi connectivity index (χ1) is 9.76. The Bertz CT molecular complexity index is 687. The number of pyridine rings is 1. The molecule has 1 unspecified atom stereocenters. The number of aromatic nitrogens is 1. The molecule has 0 saturated carbocycles. The lowest BCUT2D eigenvalue weighted by Gasteiger charge is -2.15. The van der Waals surface area contributed by atoms with E-state index in [1.54, 1.807) is 6.20 Å². The van der Waals surface area contributed by atoms with E-state index < -0.39 is 0 Å². The van der Waals surface area contributed by atoms with Gasteiger partial charge in [0.2, 0.25) is 5.91 Å². The summed E-state index contributed by atoms with van der Waals surface area (Å²) >= 11 is 0. The Kier molecular flexibility index (Phi) is 3.39. The topological polar surface area (TPSA) is 33.2 Å². The third-order valence-electron chi connectivity index (χ3n) is 3.79. The predicted octanol–water partition coefficient (Wildman–Crippen LogP) is 2.26. The van der Waals surface area contributed by atoms with Gasteiger partial charge in [0, 0.05) is 37.0 Å². The molecule has 1 aromatic carbocycles. The van der Waals surface area contributed by atoms with Crippen LogP contribution in [0.3, 0.4) is 0 Å². The molecule has 2 aromatic rings. The molecule has 3 heteroatoms. The van der Waals surface area contributed by atoms with Crippen molar-refractivity contribution in [1.82, 2.24) is 9.88 Å². The summed E-state index contributed by atoms with van der Waals surface area (Å²) in [4.78, 5) is 18.0. The van der Waals surface area contributed by atoms with Crippen molar-refractivity contribution in [1.29, 1.82) is 0 Å². The first-order valence-electron chi connectivity index (χ1n) is 6.84. The number of benzene rings is 1. The Hall–Kier alpha value is -2.34. The van der Waals surface area contributed by atoms with Gasteiger partial charge in [-0.15, -0.1) is 12.3 Å². The molecule has 20 heavy (non-hydrogen) atoms. The summed E-state index contributed by atoms with van der Waals surface area (Å²) in [6, 6.07) is 10.3. The van der Waals surface area contributed by atoms with Gasteiger partial charge >= 0.3 is 0 Å². The minimum atomic E-state index is 0.0840. The normalized spacial score (nSPS) is 18.4. The highest BCUT2D eigenvalue weighted by Crippen LogP contribution is 2.18. The lowest BCUT2D eigenvalue weighted by atomic mass is 10.1. The van der Waals surface area contributed by atoms with Crippen molar-refractivity contribution in [2.75, 3.05) is 13.1 Å². The molecule has 0 bridgehead atoms. The minimum Gasteiger partial charge on any atom is -0.341 e. The molecule has 2 heterocycles. The first kappa shape index (κ1) is 12.7. The first-order valence-corrected chi connectivity index (χ1v) is 6.84. The van der Waals surface area contributed by atoms with E-state index >= 15 is 0 Å². The average Bonchev–Trinajstić information content (AvgIpc) is 2.85. The van der Waals surface area contributed by atoms with E-state index in [2.05, 4.69) is 29.1 Å². The SMILES string of the molecule is C#CC1CC(=O)N(CCc2ccc3cccnc3c2)C1. The molecular weight excluding hydrogens is 248 g/mol. The maximum absolute atomic E-state index is 11.8. The van der Waals surface area contributed by atoms with Crippen LogP contribution in [-0.4, -0.2) is 28.9 Å². The van der Waals surface area contributed by atoms with Crippen molar-refractivity contribution in [3.8, 4) is 12.3 Å². The van der Waals surface area contributed by atoms with Crippen LogP contribution in [0.1, 0.15) is 12.0 Å². The Balaban J connectivity index is 1.68. The maximum atomic E-state index is 11.8. The molecule has 3 nitrogen and oxygen atoms in total. The quantitative estimate of drug-likeness (QED) is 0.797. The molecule has 0 N–H and O–H groups in total. The average molecular weight is 264 g/mol. The molecule has 0 radical (unpaired) electrons. The number of nitrogens with zero attached hydrogens (tertiary/aromatic N) is 2. The van der Waals surface area contributed by atoms with Crippen LogP contribution in [0, 0.1) is 18.3 Å². The van der Waals surface area contributed by atoms with E-state index in [1.165, 1.54) is 5.56 Å². The second kappa shape index (κ2) is 5.34. The molecule has 1 saturated heterocycles. The number of hydrogen-bond donors (Lipinski definition) is 0. The zero-order valence-electron chi connectivity index (χ0n) is 11.2. The van der Waals surface area contributed by atoms with Crippen molar-refractivity contribution in [2.24, 2.45) is 5.92 Å². The second-order valence-electron chi connectivity index (χ2n) is 5.19. The third-order valence-corrected chi connectivity index (χ3v) is 3.79. The predicted molar refractivity (Wildman–Crippen MR) is 79.0 cm³/mol. The van der Waals surface area contributed by atoms with E-state index in [1.807, 2.05) is 17.0 Å². The fourth-order valence-corrected chi connectivity index (χ4v) is 2.63. The van der Waals surface area contributed by atoms with E-state index in [0.29, 0.717) is 13.0 Å². The van der Waals surface area contributed by atoms with Gasteiger partial charge in [0.05, 0.1) is 5.52 Å². The lowest BCUT2D eigenvalue weighted by Crippen LogP contribution is -2.27. The number of hydrogen-bond acceptors (Lipinski definition) is 2. The summed E-state index contributed by atoms with van der Waals surface area (Å²) in [6.07, 6.45) is 8.53. The number of carbonyl (C=O) groups excluding carboxylic acids is 1. The number of carbonyl (C=O) groups is 1. The van der Waals surface area contributed by atoms with Crippen LogP contribution in [0.15, 0.2) is 36.5 Å².